The molecule has 0 aliphatic rings. The summed E-state index contributed by atoms with van der Waals surface area (Å²) in [5.74, 6) is 0.357. The average Bonchev–Trinajstić information content (AvgIpc) is 3.09. The van der Waals surface area contributed by atoms with Gasteiger partial charge in [-0.15, -0.1) is 0 Å². The van der Waals surface area contributed by atoms with Crippen LogP contribution in [0, 0.1) is 48.5 Å². The van der Waals surface area contributed by atoms with E-state index in [0.29, 0.717) is 22.3 Å². The van der Waals surface area contributed by atoms with Crippen LogP contribution in [0.5, 0.6) is 23.0 Å². The van der Waals surface area contributed by atoms with Gasteiger partial charge in [-0.1, -0.05) is 66.6 Å². The molecule has 0 aromatic heterocycles. The first-order valence-electron chi connectivity index (χ1n) is 17.2. The topological polar surface area (TPSA) is 80.9 Å². The molecule has 4 nitrogen and oxygen atoms in total. The highest BCUT2D eigenvalue weighted by molar-refractivity contribution is 5.75. The predicted molar refractivity (Wildman–Crippen MR) is 205 cm³/mol. The van der Waals surface area contributed by atoms with E-state index in [1.54, 1.807) is 0 Å². The van der Waals surface area contributed by atoms with Crippen LogP contribution in [0.2, 0.25) is 0 Å². The number of hydrogen-bond acceptors (Lipinski definition) is 4. The molecule has 0 spiro atoms. The largest absolute Gasteiger partial charge is 0.507 e. The molecule has 0 bridgehead atoms. The zero-order valence-electron chi connectivity index (χ0n) is 30.2. The molecule has 6 aromatic rings. The van der Waals surface area contributed by atoms with Crippen LogP contribution in [0.3, 0.4) is 0 Å². The van der Waals surface area contributed by atoms with Crippen molar-refractivity contribution in [2.45, 2.75) is 67.2 Å². The number of benzene rings is 6. The Kier molecular flexibility index (Phi) is 9.24. The van der Waals surface area contributed by atoms with Crippen molar-refractivity contribution >= 4 is 0 Å². The maximum absolute atomic E-state index is 11.8. The minimum absolute atomic E-state index is 0.0397. The van der Waals surface area contributed by atoms with E-state index in [2.05, 4.69) is 68.4 Å². The first-order valence-corrected chi connectivity index (χ1v) is 17.2. The molecule has 0 aliphatic heterocycles. The maximum atomic E-state index is 11.8. The van der Waals surface area contributed by atoms with Gasteiger partial charge in [0.1, 0.15) is 23.0 Å². The molecule has 0 amide bonds. The maximum Gasteiger partial charge on any atom is 0.122 e. The Labute approximate surface area is 296 Å². The van der Waals surface area contributed by atoms with Gasteiger partial charge in [0, 0.05) is 28.5 Å². The van der Waals surface area contributed by atoms with Crippen LogP contribution >= 0.6 is 0 Å². The van der Waals surface area contributed by atoms with E-state index in [0.717, 1.165) is 61.2 Å². The first-order chi connectivity index (χ1) is 23.7. The normalized spacial score (nSPS) is 12.6. The summed E-state index contributed by atoms with van der Waals surface area (Å²) < 4.78 is 0. The van der Waals surface area contributed by atoms with Gasteiger partial charge >= 0.3 is 0 Å². The third kappa shape index (κ3) is 6.46. The molecule has 0 saturated heterocycles. The van der Waals surface area contributed by atoms with Crippen molar-refractivity contribution < 1.29 is 20.4 Å². The van der Waals surface area contributed by atoms with Gasteiger partial charge in [0.15, 0.2) is 0 Å². The van der Waals surface area contributed by atoms with Crippen molar-refractivity contribution in [3.63, 3.8) is 0 Å². The summed E-state index contributed by atoms with van der Waals surface area (Å²) in [6.07, 6.45) is 0. The molecule has 6 rings (SSSR count). The van der Waals surface area contributed by atoms with Gasteiger partial charge in [0.05, 0.1) is 0 Å². The molecule has 254 valence electrons. The summed E-state index contributed by atoms with van der Waals surface area (Å²) in [6.45, 7) is 15.7. The number of aryl methyl sites for hydroxylation is 7. The fraction of sp³-hybridized carbons (Fsp3) is 0.217. The Bertz CT molecular complexity index is 2200. The van der Waals surface area contributed by atoms with E-state index in [4.69, 9.17) is 0 Å². The zero-order valence-corrected chi connectivity index (χ0v) is 30.2. The number of hydrogen-bond donors (Lipinski definition) is 4. The second-order valence-electron chi connectivity index (χ2n) is 14.1. The van der Waals surface area contributed by atoms with E-state index in [9.17, 15) is 20.4 Å². The average molecular weight is 663 g/mol. The van der Waals surface area contributed by atoms with Crippen molar-refractivity contribution in [3.05, 3.63) is 164 Å². The van der Waals surface area contributed by atoms with Gasteiger partial charge in [-0.3, -0.25) is 0 Å². The summed E-state index contributed by atoms with van der Waals surface area (Å²) in [7, 11) is 0. The highest BCUT2D eigenvalue weighted by atomic mass is 16.3. The highest BCUT2D eigenvalue weighted by Crippen LogP contribution is 2.47. The lowest BCUT2D eigenvalue weighted by Crippen LogP contribution is -2.07. The molecule has 0 aliphatic carbocycles. The lowest BCUT2D eigenvalue weighted by Gasteiger charge is -2.25. The summed E-state index contributed by atoms with van der Waals surface area (Å²) in [6, 6.07) is 32.6. The van der Waals surface area contributed by atoms with Crippen molar-refractivity contribution in [3.8, 4) is 45.3 Å². The summed E-state index contributed by atoms with van der Waals surface area (Å²) >= 11 is 0. The minimum atomic E-state index is -0.503. The van der Waals surface area contributed by atoms with E-state index in [1.807, 2.05) is 84.0 Å². The van der Waals surface area contributed by atoms with Crippen LogP contribution < -0.4 is 0 Å². The monoisotopic (exact) mass is 662 g/mol. The molecule has 0 radical (unpaired) electrons. The van der Waals surface area contributed by atoms with Gasteiger partial charge in [0.2, 0.25) is 0 Å². The Morgan fingerprint density at radius 3 is 1.06 bits per heavy atom. The number of phenolic OH excluding ortho intramolecular Hbond substituents is 4. The third-order valence-corrected chi connectivity index (χ3v) is 10.2. The Morgan fingerprint density at radius 2 is 0.660 bits per heavy atom. The van der Waals surface area contributed by atoms with Crippen LogP contribution in [-0.2, 0) is 0 Å². The summed E-state index contributed by atoms with van der Waals surface area (Å²) in [5, 5.41) is 45.3. The van der Waals surface area contributed by atoms with Gasteiger partial charge in [-0.05, 0) is 158 Å². The molecular formula is C46H46O4. The van der Waals surface area contributed by atoms with E-state index in [1.165, 1.54) is 5.56 Å². The second kappa shape index (κ2) is 13.4. The fourth-order valence-corrected chi connectivity index (χ4v) is 7.13. The predicted octanol–water partition coefficient (Wildman–Crippen LogP) is 11.3. The quantitative estimate of drug-likeness (QED) is 0.128. The van der Waals surface area contributed by atoms with Gasteiger partial charge < -0.3 is 20.4 Å². The first kappa shape index (κ1) is 34.4. The smallest absolute Gasteiger partial charge is 0.122 e. The van der Waals surface area contributed by atoms with Crippen molar-refractivity contribution in [2.24, 2.45) is 0 Å². The molecule has 2 unspecified atom stereocenters. The molecule has 4 N–H and O–H groups in total. The van der Waals surface area contributed by atoms with E-state index in [-0.39, 0.29) is 28.9 Å². The van der Waals surface area contributed by atoms with Gasteiger partial charge in [0.25, 0.3) is 0 Å². The van der Waals surface area contributed by atoms with Crippen LogP contribution in [-0.4, -0.2) is 20.4 Å². The Hall–Kier alpha value is -5.48. The molecule has 6 aromatic carbocycles. The molecular weight excluding hydrogens is 617 g/mol. The molecule has 2 atom stereocenters. The Morgan fingerprint density at radius 1 is 0.360 bits per heavy atom. The Balaban J connectivity index is 1.57. The highest BCUT2D eigenvalue weighted by Gasteiger charge is 2.27. The van der Waals surface area contributed by atoms with Crippen LogP contribution in [0.1, 0.15) is 85.5 Å². The lowest BCUT2D eigenvalue weighted by atomic mass is 9.80. The van der Waals surface area contributed by atoms with Crippen molar-refractivity contribution in [2.75, 3.05) is 0 Å². The van der Waals surface area contributed by atoms with E-state index < -0.39 is 5.92 Å². The zero-order chi connectivity index (χ0) is 36.0. The van der Waals surface area contributed by atoms with E-state index >= 15 is 0 Å². The number of phenols is 4. The molecule has 50 heavy (non-hydrogen) atoms. The lowest BCUT2D eigenvalue weighted by molar-refractivity contribution is 0.454. The van der Waals surface area contributed by atoms with Crippen LogP contribution in [0.15, 0.2) is 97.1 Å². The van der Waals surface area contributed by atoms with Gasteiger partial charge in [-0.2, -0.15) is 0 Å². The minimum Gasteiger partial charge on any atom is -0.507 e. The molecule has 0 heterocycles. The van der Waals surface area contributed by atoms with Crippen molar-refractivity contribution in [1.29, 1.82) is 0 Å². The fourth-order valence-electron chi connectivity index (χ4n) is 7.13. The van der Waals surface area contributed by atoms with Crippen LogP contribution in [0.4, 0.5) is 0 Å². The summed E-state index contributed by atoms with van der Waals surface area (Å²) in [5.41, 5.74) is 14.0. The SMILES string of the molecule is Cc1ccc(C(C)c2cc(-c3cc(C)c(O)c(C(c4ccc(C)cc4)c4cc(-c5cc(C)c(O)c(C)c5)cc(C)c4O)c3)cc(C)c2O)cc1. The van der Waals surface area contributed by atoms with Crippen LogP contribution in [0.25, 0.3) is 22.3 Å². The second-order valence-corrected chi connectivity index (χ2v) is 14.1. The molecule has 4 heteroatoms. The third-order valence-electron chi connectivity index (χ3n) is 10.2. The number of aromatic hydroxyl groups is 4. The van der Waals surface area contributed by atoms with Gasteiger partial charge in [-0.25, -0.2) is 0 Å². The standard InChI is InChI=1S/C46H46O4/c1-25-9-13-33(14-10-25)32(8)39-22-36(19-29(5)44(39)48)38-21-31(7)46(50)41(24-38)42(34-15-11-26(2)12-16-34)40-23-37(20-30(6)45(40)49)35-17-27(3)43(47)28(4)18-35/h9-24,32,42,47-50H,1-8H3. The number of rotatable bonds is 7. The van der Waals surface area contributed by atoms with Crippen molar-refractivity contribution in [1.82, 2.24) is 0 Å². The molecule has 0 saturated carbocycles. The summed E-state index contributed by atoms with van der Waals surface area (Å²) in [4.78, 5) is 0. The molecule has 0 fully saturated rings.